The van der Waals surface area contributed by atoms with Gasteiger partial charge in [0.2, 0.25) is 0 Å². The minimum absolute atomic E-state index is 0.202. The summed E-state index contributed by atoms with van der Waals surface area (Å²) in [4.78, 5) is 12.1. The molecule has 0 saturated heterocycles. The fourth-order valence-corrected chi connectivity index (χ4v) is 2.40. The van der Waals surface area contributed by atoms with Crippen LogP contribution in [0.2, 0.25) is 0 Å². The molecule has 112 valence electrons. The number of nitrogens with zero attached hydrogens (tertiary/aromatic N) is 2. The Morgan fingerprint density at radius 1 is 1.05 bits per heavy atom. The number of ketones is 1. The number of carbonyl (C=O) groups is 1. The maximum atomic E-state index is 12.1. The molecule has 3 nitrogen and oxygen atoms in total. The fraction of sp³-hybridized carbons (Fsp3) is 0.444. The Morgan fingerprint density at radius 2 is 1.76 bits per heavy atom. The van der Waals surface area contributed by atoms with E-state index < -0.39 is 0 Å². The molecule has 0 saturated carbocycles. The van der Waals surface area contributed by atoms with E-state index in [9.17, 15) is 4.79 Å². The molecule has 0 fully saturated rings. The molecular formula is C18H24N2O. The highest BCUT2D eigenvalue weighted by Crippen LogP contribution is 2.12. The van der Waals surface area contributed by atoms with Crippen molar-refractivity contribution in [2.45, 2.75) is 51.9 Å². The third-order valence-corrected chi connectivity index (χ3v) is 3.68. The normalized spacial score (nSPS) is 10.7. The van der Waals surface area contributed by atoms with Crippen LogP contribution in [0.15, 0.2) is 42.7 Å². The maximum absolute atomic E-state index is 12.1. The molecule has 0 aliphatic rings. The number of rotatable bonds is 9. The first kappa shape index (κ1) is 15.5. The van der Waals surface area contributed by atoms with E-state index in [4.69, 9.17) is 0 Å². The maximum Gasteiger partial charge on any atom is 0.166 e. The number of carbonyl (C=O) groups excluding carboxylic acids is 1. The molecule has 0 spiro atoms. The van der Waals surface area contributed by atoms with Gasteiger partial charge in [0.1, 0.15) is 0 Å². The van der Waals surface area contributed by atoms with Gasteiger partial charge in [0, 0.05) is 12.6 Å². The van der Waals surface area contributed by atoms with Gasteiger partial charge in [0.25, 0.3) is 0 Å². The summed E-state index contributed by atoms with van der Waals surface area (Å²) in [7, 11) is 0. The minimum Gasteiger partial charge on any atom is -0.294 e. The lowest BCUT2D eigenvalue weighted by Crippen LogP contribution is -1.98. The lowest BCUT2D eigenvalue weighted by atomic mass is 10.1. The Balaban J connectivity index is 1.80. The summed E-state index contributed by atoms with van der Waals surface area (Å²) in [5.41, 5.74) is 1.70. The highest BCUT2D eigenvalue weighted by atomic mass is 16.1. The zero-order valence-electron chi connectivity index (χ0n) is 12.8. The van der Waals surface area contributed by atoms with Crippen LogP contribution in [-0.4, -0.2) is 15.6 Å². The van der Waals surface area contributed by atoms with Crippen LogP contribution >= 0.6 is 0 Å². The number of hydrogen-bond acceptors (Lipinski definition) is 2. The molecule has 3 heteroatoms. The highest BCUT2D eigenvalue weighted by molar-refractivity contribution is 5.95. The first-order chi connectivity index (χ1) is 10.3. The van der Waals surface area contributed by atoms with E-state index in [1.54, 1.807) is 10.9 Å². The number of hydrogen-bond donors (Lipinski definition) is 0. The fourth-order valence-electron chi connectivity index (χ4n) is 2.40. The van der Waals surface area contributed by atoms with Crippen LogP contribution in [0.1, 0.15) is 62.2 Å². The van der Waals surface area contributed by atoms with E-state index in [0.29, 0.717) is 12.0 Å². The van der Waals surface area contributed by atoms with Crippen LogP contribution in [0.4, 0.5) is 0 Å². The quantitative estimate of drug-likeness (QED) is 0.489. The predicted molar refractivity (Wildman–Crippen MR) is 85.9 cm³/mol. The number of aromatic nitrogens is 2. The Morgan fingerprint density at radius 3 is 2.52 bits per heavy atom. The minimum atomic E-state index is 0.202. The zero-order chi connectivity index (χ0) is 14.9. The van der Waals surface area contributed by atoms with Crippen LogP contribution in [0.3, 0.4) is 0 Å². The van der Waals surface area contributed by atoms with Gasteiger partial charge in [-0.2, -0.15) is 5.10 Å². The molecule has 0 radical (unpaired) electrons. The van der Waals surface area contributed by atoms with Crippen molar-refractivity contribution in [2.24, 2.45) is 0 Å². The molecule has 21 heavy (non-hydrogen) atoms. The van der Waals surface area contributed by atoms with Crippen molar-refractivity contribution in [3.63, 3.8) is 0 Å². The molecule has 0 unspecified atom stereocenters. The lowest BCUT2D eigenvalue weighted by molar-refractivity contribution is 0.0979. The molecule has 0 amide bonds. The lowest BCUT2D eigenvalue weighted by Gasteiger charge is -2.00. The van der Waals surface area contributed by atoms with Crippen LogP contribution in [0, 0.1) is 0 Å². The van der Waals surface area contributed by atoms with Crippen molar-refractivity contribution in [1.29, 1.82) is 0 Å². The molecule has 0 N–H and O–H groups in total. The third-order valence-electron chi connectivity index (χ3n) is 3.68. The van der Waals surface area contributed by atoms with Crippen molar-refractivity contribution in [2.75, 3.05) is 0 Å². The second kappa shape index (κ2) is 8.40. The summed E-state index contributed by atoms with van der Waals surface area (Å²) < 4.78 is 1.76. The Kier molecular flexibility index (Phi) is 6.20. The number of benzene rings is 1. The number of Topliss-reactive ketones (excluding diaryl/α,β-unsaturated/α-hetero) is 1. The van der Waals surface area contributed by atoms with E-state index in [1.807, 2.05) is 36.5 Å². The van der Waals surface area contributed by atoms with Gasteiger partial charge >= 0.3 is 0 Å². The zero-order valence-corrected chi connectivity index (χ0v) is 12.8. The van der Waals surface area contributed by atoms with Gasteiger partial charge in [-0.05, 0) is 18.6 Å². The van der Waals surface area contributed by atoms with E-state index in [-0.39, 0.29) is 5.78 Å². The van der Waals surface area contributed by atoms with Crippen molar-refractivity contribution in [3.8, 4) is 5.69 Å². The predicted octanol–water partition coefficient (Wildman–Crippen LogP) is 4.81. The molecule has 1 aromatic carbocycles. The van der Waals surface area contributed by atoms with Gasteiger partial charge in [0.05, 0.1) is 17.4 Å². The third kappa shape index (κ3) is 4.85. The van der Waals surface area contributed by atoms with E-state index >= 15 is 0 Å². The van der Waals surface area contributed by atoms with Crippen LogP contribution in [0.25, 0.3) is 5.69 Å². The van der Waals surface area contributed by atoms with E-state index in [0.717, 1.165) is 18.5 Å². The van der Waals surface area contributed by atoms with Crippen molar-refractivity contribution >= 4 is 5.78 Å². The summed E-state index contributed by atoms with van der Waals surface area (Å²) in [5, 5.41) is 4.27. The number of para-hydroxylation sites is 1. The van der Waals surface area contributed by atoms with Gasteiger partial charge in [0.15, 0.2) is 5.78 Å². The summed E-state index contributed by atoms with van der Waals surface area (Å²) >= 11 is 0. The Hall–Kier alpha value is -1.90. The monoisotopic (exact) mass is 284 g/mol. The number of unbranched alkanes of at least 4 members (excludes halogenated alkanes) is 5. The summed E-state index contributed by atoms with van der Waals surface area (Å²) in [6.45, 7) is 2.22. The smallest absolute Gasteiger partial charge is 0.166 e. The van der Waals surface area contributed by atoms with Crippen LogP contribution in [-0.2, 0) is 0 Å². The Bertz CT molecular complexity index is 545. The molecule has 1 aromatic heterocycles. The van der Waals surface area contributed by atoms with Gasteiger partial charge in [-0.25, -0.2) is 4.68 Å². The SMILES string of the molecule is CCCCCCCCC(=O)c1cnn(-c2ccccc2)c1. The first-order valence-corrected chi connectivity index (χ1v) is 7.94. The molecule has 2 aromatic rings. The molecular weight excluding hydrogens is 260 g/mol. The first-order valence-electron chi connectivity index (χ1n) is 7.94. The van der Waals surface area contributed by atoms with Gasteiger partial charge in [-0.3, -0.25) is 4.79 Å². The molecule has 0 aliphatic heterocycles. The van der Waals surface area contributed by atoms with Gasteiger partial charge in [-0.15, -0.1) is 0 Å². The Labute approximate surface area is 127 Å². The van der Waals surface area contributed by atoms with Crippen molar-refractivity contribution in [1.82, 2.24) is 9.78 Å². The van der Waals surface area contributed by atoms with Crippen LogP contribution in [0.5, 0.6) is 0 Å². The van der Waals surface area contributed by atoms with Crippen molar-refractivity contribution in [3.05, 3.63) is 48.3 Å². The van der Waals surface area contributed by atoms with Crippen molar-refractivity contribution < 1.29 is 4.79 Å². The second-order valence-corrected chi connectivity index (χ2v) is 5.45. The average Bonchev–Trinajstić information content (AvgIpc) is 3.01. The second-order valence-electron chi connectivity index (χ2n) is 5.45. The molecule has 1 heterocycles. The van der Waals surface area contributed by atoms with Crippen LogP contribution < -0.4 is 0 Å². The van der Waals surface area contributed by atoms with E-state index in [1.165, 1.54) is 25.7 Å². The molecule has 0 atom stereocenters. The standard InChI is InChI=1S/C18H24N2O/c1-2-3-4-5-6-10-13-18(21)16-14-19-20(15-16)17-11-8-7-9-12-17/h7-9,11-12,14-15H,2-6,10,13H2,1H3. The van der Waals surface area contributed by atoms with Gasteiger partial charge < -0.3 is 0 Å². The largest absolute Gasteiger partial charge is 0.294 e. The summed E-state index contributed by atoms with van der Waals surface area (Å²) in [6.07, 6.45) is 11.4. The molecule has 2 rings (SSSR count). The summed E-state index contributed by atoms with van der Waals surface area (Å²) in [5.74, 6) is 0.202. The summed E-state index contributed by atoms with van der Waals surface area (Å²) in [6, 6.07) is 9.87. The molecule has 0 bridgehead atoms. The average molecular weight is 284 g/mol. The van der Waals surface area contributed by atoms with E-state index in [2.05, 4.69) is 12.0 Å². The topological polar surface area (TPSA) is 34.9 Å². The molecule has 0 aliphatic carbocycles. The highest BCUT2D eigenvalue weighted by Gasteiger charge is 2.09. The van der Waals surface area contributed by atoms with Gasteiger partial charge in [-0.1, -0.05) is 57.2 Å².